The van der Waals surface area contributed by atoms with Crippen molar-refractivity contribution < 1.29 is 0 Å². The maximum atomic E-state index is 6.11. The van der Waals surface area contributed by atoms with Gasteiger partial charge in [0, 0.05) is 18.3 Å². The molecule has 3 nitrogen and oxygen atoms in total. The van der Waals surface area contributed by atoms with Crippen LogP contribution in [0.5, 0.6) is 0 Å². The van der Waals surface area contributed by atoms with Crippen LogP contribution in [0.1, 0.15) is 18.3 Å². The van der Waals surface area contributed by atoms with E-state index in [4.69, 9.17) is 11.6 Å². The molecule has 4 heteroatoms. The Morgan fingerprint density at radius 1 is 1.11 bits per heavy atom. The fourth-order valence-corrected chi connectivity index (χ4v) is 1.98. The zero-order valence-corrected chi connectivity index (χ0v) is 11.1. The first-order valence-corrected chi connectivity index (χ1v) is 6.40. The van der Waals surface area contributed by atoms with Crippen LogP contribution >= 0.6 is 11.6 Å². The quantitative estimate of drug-likeness (QED) is 0.841. The molecule has 1 N–H and O–H groups in total. The van der Waals surface area contributed by atoms with Gasteiger partial charge in [0.1, 0.15) is 5.82 Å². The lowest BCUT2D eigenvalue weighted by Gasteiger charge is -2.29. The molecule has 1 aromatic heterocycles. The molecule has 0 aliphatic rings. The van der Waals surface area contributed by atoms with E-state index >= 15 is 0 Å². The van der Waals surface area contributed by atoms with Crippen molar-refractivity contribution in [3.8, 4) is 0 Å². The van der Waals surface area contributed by atoms with Gasteiger partial charge in [-0.1, -0.05) is 30.3 Å². The molecule has 18 heavy (non-hydrogen) atoms. The van der Waals surface area contributed by atoms with Gasteiger partial charge in [-0.25, -0.2) is 9.97 Å². The minimum absolute atomic E-state index is 0.276. The van der Waals surface area contributed by atoms with E-state index in [1.807, 2.05) is 18.2 Å². The van der Waals surface area contributed by atoms with E-state index in [1.165, 1.54) is 0 Å². The highest BCUT2D eigenvalue weighted by Crippen LogP contribution is 2.22. The molecule has 0 saturated heterocycles. The Morgan fingerprint density at radius 3 is 2.39 bits per heavy atom. The monoisotopic (exact) mass is 261 g/mol. The van der Waals surface area contributed by atoms with Gasteiger partial charge in [-0.05, 0) is 18.6 Å². The molecule has 0 aliphatic carbocycles. The second-order valence-electron chi connectivity index (χ2n) is 4.35. The van der Waals surface area contributed by atoms with Crippen LogP contribution in [-0.4, -0.2) is 15.8 Å². The average molecular weight is 262 g/mol. The summed E-state index contributed by atoms with van der Waals surface area (Å²) in [6.07, 6.45) is 3.48. The lowest BCUT2D eigenvalue weighted by Crippen LogP contribution is -2.41. The van der Waals surface area contributed by atoms with Gasteiger partial charge >= 0.3 is 0 Å². The summed E-state index contributed by atoms with van der Waals surface area (Å²) in [5.41, 5.74) is 0.887. The predicted octanol–water partition coefficient (Wildman–Crippen LogP) is 2.72. The Hall–Kier alpha value is -1.45. The molecule has 2 rings (SSSR count). The molecular weight excluding hydrogens is 246 g/mol. The summed E-state index contributed by atoms with van der Waals surface area (Å²) in [6, 6.07) is 12.0. The van der Waals surface area contributed by atoms with E-state index in [0.29, 0.717) is 12.4 Å². The Balaban J connectivity index is 2.10. The van der Waals surface area contributed by atoms with Gasteiger partial charge in [0.2, 0.25) is 0 Å². The third-order valence-corrected chi connectivity index (χ3v) is 3.47. The maximum absolute atomic E-state index is 6.11. The van der Waals surface area contributed by atoms with E-state index in [2.05, 4.69) is 34.3 Å². The van der Waals surface area contributed by atoms with E-state index in [1.54, 1.807) is 18.5 Å². The molecule has 0 amide bonds. The summed E-state index contributed by atoms with van der Waals surface area (Å²) in [4.78, 5) is 8.39. The Morgan fingerprint density at radius 2 is 1.78 bits per heavy atom. The fourth-order valence-electron chi connectivity index (χ4n) is 1.73. The molecule has 2 aromatic rings. The summed E-state index contributed by atoms with van der Waals surface area (Å²) in [7, 11) is 0. The Kier molecular flexibility index (Phi) is 4.28. The van der Waals surface area contributed by atoms with Crippen molar-refractivity contribution in [1.29, 1.82) is 0 Å². The number of aromatic nitrogens is 2. The molecule has 0 saturated carbocycles. The molecule has 94 valence electrons. The third kappa shape index (κ3) is 3.06. The van der Waals surface area contributed by atoms with E-state index in [-0.39, 0.29) is 5.54 Å². The van der Waals surface area contributed by atoms with Crippen molar-refractivity contribution in [2.75, 3.05) is 5.88 Å². The molecule has 0 fully saturated rings. The van der Waals surface area contributed by atoms with Gasteiger partial charge in [0.15, 0.2) is 0 Å². The molecule has 0 aliphatic heterocycles. The largest absolute Gasteiger partial charge is 0.299 e. The van der Waals surface area contributed by atoms with Crippen LogP contribution in [0.4, 0.5) is 0 Å². The lowest BCUT2D eigenvalue weighted by atomic mass is 9.94. The molecule has 1 aromatic carbocycles. The zero-order chi connectivity index (χ0) is 12.8. The number of nitrogens with zero attached hydrogens (tertiary/aromatic N) is 2. The topological polar surface area (TPSA) is 37.8 Å². The van der Waals surface area contributed by atoms with E-state index < -0.39 is 0 Å². The summed E-state index contributed by atoms with van der Waals surface area (Å²) in [5, 5.41) is 3.42. The standard InChI is InChI=1S/C14H16ClN3/c1-14(11-15,12-6-3-2-4-7-12)18-10-13-16-8-5-9-17-13/h2-9,18H,10-11H2,1H3. The van der Waals surface area contributed by atoms with Crippen LogP contribution in [0.2, 0.25) is 0 Å². The number of halogens is 1. The van der Waals surface area contributed by atoms with Crippen molar-refractivity contribution in [1.82, 2.24) is 15.3 Å². The Bertz CT molecular complexity index is 475. The molecule has 0 radical (unpaired) electrons. The summed E-state index contributed by atoms with van der Waals surface area (Å²) in [6.45, 7) is 2.68. The highest BCUT2D eigenvalue weighted by atomic mass is 35.5. The molecule has 1 unspecified atom stereocenters. The van der Waals surface area contributed by atoms with Crippen LogP contribution in [0.25, 0.3) is 0 Å². The van der Waals surface area contributed by atoms with Gasteiger partial charge in [-0.3, -0.25) is 5.32 Å². The second-order valence-corrected chi connectivity index (χ2v) is 4.62. The maximum Gasteiger partial charge on any atom is 0.141 e. The predicted molar refractivity (Wildman–Crippen MR) is 73.4 cm³/mol. The molecular formula is C14H16ClN3. The fraction of sp³-hybridized carbons (Fsp3) is 0.286. The second kappa shape index (κ2) is 5.94. The van der Waals surface area contributed by atoms with E-state index in [0.717, 1.165) is 11.4 Å². The number of hydrogen-bond acceptors (Lipinski definition) is 3. The van der Waals surface area contributed by atoms with Gasteiger partial charge in [0.25, 0.3) is 0 Å². The van der Waals surface area contributed by atoms with Crippen molar-refractivity contribution in [3.63, 3.8) is 0 Å². The molecule has 0 spiro atoms. The number of nitrogens with one attached hydrogen (secondary N) is 1. The summed E-state index contributed by atoms with van der Waals surface area (Å²) < 4.78 is 0. The SMILES string of the molecule is CC(CCl)(NCc1ncccn1)c1ccccc1. The minimum atomic E-state index is -0.276. The first kappa shape index (κ1) is 13.0. The van der Waals surface area contributed by atoms with Crippen molar-refractivity contribution in [3.05, 3.63) is 60.2 Å². The molecule has 1 atom stereocenters. The van der Waals surface area contributed by atoms with Gasteiger partial charge in [-0.2, -0.15) is 0 Å². The van der Waals surface area contributed by atoms with Crippen LogP contribution < -0.4 is 5.32 Å². The average Bonchev–Trinajstić information content (AvgIpc) is 2.47. The highest BCUT2D eigenvalue weighted by molar-refractivity contribution is 6.18. The lowest BCUT2D eigenvalue weighted by molar-refractivity contribution is 0.400. The third-order valence-electron chi connectivity index (χ3n) is 2.93. The highest BCUT2D eigenvalue weighted by Gasteiger charge is 2.24. The first-order chi connectivity index (χ1) is 8.74. The van der Waals surface area contributed by atoms with Crippen LogP contribution in [-0.2, 0) is 12.1 Å². The summed E-state index contributed by atoms with van der Waals surface area (Å²) in [5.74, 6) is 1.26. The Labute approximate surface area is 112 Å². The normalized spacial score (nSPS) is 14.1. The van der Waals surface area contributed by atoms with Crippen LogP contribution in [0.15, 0.2) is 48.8 Å². The minimum Gasteiger partial charge on any atom is -0.299 e. The van der Waals surface area contributed by atoms with Gasteiger partial charge < -0.3 is 0 Å². The van der Waals surface area contributed by atoms with Crippen LogP contribution in [0.3, 0.4) is 0 Å². The van der Waals surface area contributed by atoms with Gasteiger partial charge in [0.05, 0.1) is 12.1 Å². The number of alkyl halides is 1. The van der Waals surface area contributed by atoms with E-state index in [9.17, 15) is 0 Å². The van der Waals surface area contributed by atoms with Crippen molar-refractivity contribution >= 4 is 11.6 Å². The molecule has 1 heterocycles. The zero-order valence-electron chi connectivity index (χ0n) is 10.3. The number of rotatable bonds is 5. The first-order valence-electron chi connectivity index (χ1n) is 5.87. The number of hydrogen-bond donors (Lipinski definition) is 1. The van der Waals surface area contributed by atoms with Crippen LogP contribution in [0, 0.1) is 0 Å². The summed E-state index contributed by atoms with van der Waals surface area (Å²) >= 11 is 6.11. The smallest absolute Gasteiger partial charge is 0.141 e. The van der Waals surface area contributed by atoms with Crippen molar-refractivity contribution in [2.45, 2.75) is 19.0 Å². The molecule has 0 bridgehead atoms. The van der Waals surface area contributed by atoms with Crippen molar-refractivity contribution in [2.24, 2.45) is 0 Å². The van der Waals surface area contributed by atoms with Gasteiger partial charge in [-0.15, -0.1) is 11.6 Å². The number of benzene rings is 1.